The van der Waals surface area contributed by atoms with Gasteiger partial charge in [0.05, 0.1) is 12.3 Å². The van der Waals surface area contributed by atoms with Crippen LogP contribution < -0.4 is 5.73 Å². The molecule has 0 aliphatic rings. The van der Waals surface area contributed by atoms with E-state index in [1.165, 1.54) is 0 Å². The smallest absolute Gasteiger partial charge is 0.243 e. The molecule has 2 heterocycles. The van der Waals surface area contributed by atoms with Gasteiger partial charge in [0.2, 0.25) is 11.7 Å². The van der Waals surface area contributed by atoms with E-state index in [1.807, 2.05) is 19.9 Å². The van der Waals surface area contributed by atoms with Crippen molar-refractivity contribution >= 4 is 0 Å². The molecule has 5 heteroatoms. The Hall–Kier alpha value is -1.62. The molecule has 2 rings (SSSR count). The first-order valence-electron chi connectivity index (χ1n) is 4.86. The molecule has 0 aromatic carbocycles. The summed E-state index contributed by atoms with van der Waals surface area (Å²) in [7, 11) is 0. The van der Waals surface area contributed by atoms with Crippen molar-refractivity contribution in [2.24, 2.45) is 5.73 Å². The molecule has 2 N–H and O–H groups in total. The Balaban J connectivity index is 2.32. The Morgan fingerprint density at radius 1 is 1.53 bits per heavy atom. The van der Waals surface area contributed by atoms with Crippen molar-refractivity contribution in [3.8, 4) is 11.6 Å². The second kappa shape index (κ2) is 3.86. The Morgan fingerprint density at radius 3 is 2.93 bits per heavy atom. The third-order valence-electron chi connectivity index (χ3n) is 2.26. The maximum absolute atomic E-state index is 5.77. The van der Waals surface area contributed by atoms with E-state index in [1.54, 1.807) is 6.26 Å². The van der Waals surface area contributed by atoms with Crippen LogP contribution in [0.5, 0.6) is 0 Å². The highest BCUT2D eigenvalue weighted by Gasteiger charge is 2.16. The van der Waals surface area contributed by atoms with Crippen LogP contribution in [0.3, 0.4) is 0 Å². The number of nitrogens with two attached hydrogens (primary N) is 1. The van der Waals surface area contributed by atoms with Gasteiger partial charge in [0, 0.05) is 0 Å². The van der Waals surface area contributed by atoms with Crippen LogP contribution in [0.1, 0.15) is 30.8 Å². The molecule has 15 heavy (non-hydrogen) atoms. The fourth-order valence-electron chi connectivity index (χ4n) is 1.25. The van der Waals surface area contributed by atoms with Crippen LogP contribution in [0.25, 0.3) is 11.6 Å². The standard InChI is InChI=1S/C10H13N3O2/c1-3-7(11)10-12-9(13-15-10)8-6(2)4-5-14-8/h4-5,7H,3,11H2,1-2H3/t7-/m1/s1. The summed E-state index contributed by atoms with van der Waals surface area (Å²) in [5, 5.41) is 3.83. The molecular weight excluding hydrogens is 194 g/mol. The summed E-state index contributed by atoms with van der Waals surface area (Å²) in [5.74, 6) is 1.54. The van der Waals surface area contributed by atoms with Crippen LogP contribution in [-0.2, 0) is 0 Å². The molecule has 0 saturated carbocycles. The second-order valence-electron chi connectivity index (χ2n) is 3.40. The zero-order chi connectivity index (χ0) is 10.8. The summed E-state index contributed by atoms with van der Waals surface area (Å²) < 4.78 is 10.3. The predicted octanol–water partition coefficient (Wildman–Crippen LogP) is 2.05. The van der Waals surface area contributed by atoms with Crippen LogP contribution in [0.4, 0.5) is 0 Å². The Bertz CT molecular complexity index is 447. The van der Waals surface area contributed by atoms with Gasteiger partial charge in [-0.1, -0.05) is 12.1 Å². The lowest BCUT2D eigenvalue weighted by Crippen LogP contribution is -2.08. The van der Waals surface area contributed by atoms with Crippen molar-refractivity contribution in [1.82, 2.24) is 10.1 Å². The summed E-state index contributed by atoms with van der Waals surface area (Å²) in [6.45, 7) is 3.89. The Kier molecular flexibility index (Phi) is 2.55. The highest BCUT2D eigenvalue weighted by Crippen LogP contribution is 2.22. The average molecular weight is 207 g/mol. The lowest BCUT2D eigenvalue weighted by Gasteiger charge is -1.98. The van der Waals surface area contributed by atoms with Crippen molar-refractivity contribution in [3.05, 3.63) is 23.8 Å². The number of aromatic nitrogens is 2. The van der Waals surface area contributed by atoms with Gasteiger partial charge in [-0.15, -0.1) is 0 Å². The first-order valence-corrected chi connectivity index (χ1v) is 4.86. The van der Waals surface area contributed by atoms with Gasteiger partial charge in [-0.25, -0.2) is 0 Å². The quantitative estimate of drug-likeness (QED) is 0.833. The van der Waals surface area contributed by atoms with E-state index in [4.69, 9.17) is 14.7 Å². The van der Waals surface area contributed by atoms with Gasteiger partial charge in [0.15, 0.2) is 5.76 Å². The molecule has 0 radical (unpaired) electrons. The number of hydrogen-bond donors (Lipinski definition) is 1. The molecule has 1 atom stereocenters. The molecule has 5 nitrogen and oxygen atoms in total. The van der Waals surface area contributed by atoms with Gasteiger partial charge in [0.25, 0.3) is 0 Å². The molecular formula is C10H13N3O2. The van der Waals surface area contributed by atoms with E-state index in [9.17, 15) is 0 Å². The predicted molar refractivity (Wildman–Crippen MR) is 54.0 cm³/mol. The second-order valence-corrected chi connectivity index (χ2v) is 3.40. The van der Waals surface area contributed by atoms with E-state index < -0.39 is 0 Å². The molecule has 80 valence electrons. The normalized spacial score (nSPS) is 13.0. The van der Waals surface area contributed by atoms with Crippen LogP contribution in [0.15, 0.2) is 21.3 Å². The van der Waals surface area contributed by atoms with Gasteiger partial charge in [-0.05, 0) is 25.0 Å². The van der Waals surface area contributed by atoms with Crippen LogP contribution in [0, 0.1) is 6.92 Å². The molecule has 0 aliphatic carbocycles. The lowest BCUT2D eigenvalue weighted by molar-refractivity contribution is 0.351. The van der Waals surface area contributed by atoms with E-state index in [2.05, 4.69) is 10.1 Å². The number of furan rings is 1. The zero-order valence-corrected chi connectivity index (χ0v) is 8.73. The fraction of sp³-hybridized carbons (Fsp3) is 0.400. The lowest BCUT2D eigenvalue weighted by atomic mass is 10.2. The first-order chi connectivity index (χ1) is 7.22. The number of rotatable bonds is 3. The summed E-state index contributed by atoms with van der Waals surface area (Å²) >= 11 is 0. The maximum atomic E-state index is 5.77. The summed E-state index contributed by atoms with van der Waals surface area (Å²) in [5.41, 5.74) is 6.75. The number of aryl methyl sites for hydroxylation is 1. The third-order valence-corrected chi connectivity index (χ3v) is 2.26. The first kappa shape index (κ1) is 9.92. The molecule has 2 aromatic heterocycles. The summed E-state index contributed by atoms with van der Waals surface area (Å²) in [6.07, 6.45) is 2.36. The van der Waals surface area contributed by atoms with Crippen LogP contribution in [-0.4, -0.2) is 10.1 Å². The largest absolute Gasteiger partial charge is 0.461 e. The van der Waals surface area contributed by atoms with Crippen molar-refractivity contribution in [3.63, 3.8) is 0 Å². The maximum Gasteiger partial charge on any atom is 0.243 e. The highest BCUT2D eigenvalue weighted by molar-refractivity contribution is 5.50. The van der Waals surface area contributed by atoms with Gasteiger partial charge in [-0.2, -0.15) is 4.98 Å². The van der Waals surface area contributed by atoms with E-state index in [0.717, 1.165) is 12.0 Å². The van der Waals surface area contributed by atoms with Crippen molar-refractivity contribution < 1.29 is 8.94 Å². The minimum atomic E-state index is -0.207. The molecule has 0 amide bonds. The SMILES string of the molecule is CC[C@@H](N)c1nc(-c2occc2C)no1. The summed E-state index contributed by atoms with van der Waals surface area (Å²) in [4.78, 5) is 4.19. The van der Waals surface area contributed by atoms with Crippen molar-refractivity contribution in [1.29, 1.82) is 0 Å². The van der Waals surface area contributed by atoms with Gasteiger partial charge in [-0.3, -0.25) is 0 Å². The topological polar surface area (TPSA) is 78.1 Å². The molecule has 0 bridgehead atoms. The number of nitrogens with zero attached hydrogens (tertiary/aromatic N) is 2. The van der Waals surface area contributed by atoms with Gasteiger partial charge in [0.1, 0.15) is 0 Å². The van der Waals surface area contributed by atoms with E-state index in [-0.39, 0.29) is 6.04 Å². The molecule has 0 fully saturated rings. The average Bonchev–Trinajstić information content (AvgIpc) is 2.84. The molecule has 0 aliphatic heterocycles. The fourth-order valence-corrected chi connectivity index (χ4v) is 1.25. The third kappa shape index (κ3) is 1.78. The Morgan fingerprint density at radius 2 is 2.33 bits per heavy atom. The van der Waals surface area contributed by atoms with E-state index in [0.29, 0.717) is 17.5 Å². The van der Waals surface area contributed by atoms with E-state index >= 15 is 0 Å². The van der Waals surface area contributed by atoms with Crippen molar-refractivity contribution in [2.45, 2.75) is 26.3 Å². The van der Waals surface area contributed by atoms with Crippen molar-refractivity contribution in [2.75, 3.05) is 0 Å². The molecule has 0 unspecified atom stereocenters. The molecule has 0 spiro atoms. The highest BCUT2D eigenvalue weighted by atomic mass is 16.5. The van der Waals surface area contributed by atoms with Gasteiger partial charge >= 0.3 is 0 Å². The van der Waals surface area contributed by atoms with Gasteiger partial charge < -0.3 is 14.7 Å². The minimum Gasteiger partial charge on any atom is -0.461 e. The molecule has 0 saturated heterocycles. The molecule has 2 aromatic rings. The van der Waals surface area contributed by atoms with Crippen LogP contribution in [0.2, 0.25) is 0 Å². The van der Waals surface area contributed by atoms with Crippen LogP contribution >= 0.6 is 0 Å². The zero-order valence-electron chi connectivity index (χ0n) is 8.73. The summed E-state index contributed by atoms with van der Waals surface area (Å²) in [6, 6.07) is 1.65. The minimum absolute atomic E-state index is 0.207. The monoisotopic (exact) mass is 207 g/mol. The Labute approximate surface area is 87.3 Å². The number of hydrogen-bond acceptors (Lipinski definition) is 5.